The highest BCUT2D eigenvalue weighted by Crippen LogP contribution is 2.39. The van der Waals surface area contributed by atoms with Gasteiger partial charge in [0, 0.05) is 5.57 Å². The van der Waals surface area contributed by atoms with Gasteiger partial charge >= 0.3 is 0 Å². The monoisotopic (exact) mass is 422 g/mol. The second-order valence-corrected chi connectivity index (χ2v) is 13.8. The Bertz CT molecular complexity index is 905. The normalized spacial score (nSPS) is 23.4. The third-order valence-electron chi connectivity index (χ3n) is 5.93. The summed E-state index contributed by atoms with van der Waals surface area (Å²) in [6, 6.07) is 20.9. The van der Waals surface area contributed by atoms with E-state index in [-0.39, 0.29) is 23.5 Å². The molecule has 1 aliphatic carbocycles. The number of hydrogen-bond donors (Lipinski definition) is 0. The van der Waals surface area contributed by atoms with Gasteiger partial charge in [0.1, 0.15) is 6.10 Å². The average Bonchev–Trinajstić information content (AvgIpc) is 3.15. The topological polar surface area (TPSA) is 44.8 Å². The molecule has 5 heteroatoms. The van der Waals surface area contributed by atoms with Crippen molar-refractivity contribution in [1.82, 2.24) is 0 Å². The predicted molar refractivity (Wildman–Crippen MR) is 120 cm³/mol. The minimum Gasteiger partial charge on any atom is -0.403 e. The third kappa shape index (κ3) is 3.60. The van der Waals surface area contributed by atoms with Crippen LogP contribution < -0.4 is 10.4 Å². The second-order valence-electron chi connectivity index (χ2n) is 9.53. The Morgan fingerprint density at radius 2 is 1.47 bits per heavy atom. The lowest BCUT2D eigenvalue weighted by Gasteiger charge is -2.43. The molecule has 0 spiro atoms. The summed E-state index contributed by atoms with van der Waals surface area (Å²) in [5.41, 5.74) is 0.647. The van der Waals surface area contributed by atoms with Gasteiger partial charge in [-0.05, 0) is 35.3 Å². The summed E-state index contributed by atoms with van der Waals surface area (Å²) in [7, 11) is -2.69. The molecule has 0 saturated carbocycles. The van der Waals surface area contributed by atoms with Crippen molar-refractivity contribution in [3.8, 4) is 0 Å². The maximum atomic E-state index is 13.0. The van der Waals surface area contributed by atoms with Crippen LogP contribution in [0.4, 0.5) is 0 Å². The molecule has 2 aliphatic rings. The molecule has 0 aromatic heterocycles. The van der Waals surface area contributed by atoms with E-state index in [1.54, 1.807) is 0 Å². The molecule has 0 bridgehead atoms. The minimum absolute atomic E-state index is 0.0245. The quantitative estimate of drug-likeness (QED) is 0.691. The lowest BCUT2D eigenvalue weighted by Crippen LogP contribution is -2.66. The fourth-order valence-corrected chi connectivity index (χ4v) is 9.17. The van der Waals surface area contributed by atoms with Gasteiger partial charge in [-0.25, -0.2) is 0 Å². The van der Waals surface area contributed by atoms with Crippen LogP contribution in [0.1, 0.15) is 34.6 Å². The molecule has 2 aromatic carbocycles. The van der Waals surface area contributed by atoms with Crippen LogP contribution in [0.3, 0.4) is 0 Å². The number of carbonyl (C=O) groups excluding carboxylic acids is 1. The maximum Gasteiger partial charge on any atom is 0.261 e. The summed E-state index contributed by atoms with van der Waals surface area (Å²) in [6.45, 7) is 10.6. The molecule has 0 unspecified atom stereocenters. The number of fused-ring (bicyclic) bond motifs is 1. The zero-order valence-electron chi connectivity index (χ0n) is 18.3. The average molecular weight is 423 g/mol. The van der Waals surface area contributed by atoms with Crippen LogP contribution >= 0.6 is 0 Å². The van der Waals surface area contributed by atoms with E-state index in [9.17, 15) is 4.79 Å². The van der Waals surface area contributed by atoms with Gasteiger partial charge in [0.15, 0.2) is 17.7 Å². The fraction of sp³-hybridized carbons (Fsp3) is 0.400. The largest absolute Gasteiger partial charge is 0.403 e. The zero-order valence-corrected chi connectivity index (χ0v) is 19.3. The summed E-state index contributed by atoms with van der Waals surface area (Å²) < 4.78 is 18.6. The molecule has 1 saturated heterocycles. The Hall–Kier alpha value is -2.05. The van der Waals surface area contributed by atoms with Gasteiger partial charge in [-0.15, -0.1) is 0 Å². The Morgan fingerprint density at radius 1 is 0.933 bits per heavy atom. The van der Waals surface area contributed by atoms with E-state index in [4.69, 9.17) is 13.9 Å². The van der Waals surface area contributed by atoms with Gasteiger partial charge in [-0.2, -0.15) is 0 Å². The molecule has 158 valence electrons. The maximum absolute atomic E-state index is 13.0. The number of ketones is 1. The highest BCUT2D eigenvalue weighted by Gasteiger charge is 2.52. The lowest BCUT2D eigenvalue weighted by atomic mass is 10.2. The number of ether oxygens (including phenoxy) is 2. The highest BCUT2D eigenvalue weighted by molar-refractivity contribution is 6.99. The van der Waals surface area contributed by atoms with Crippen molar-refractivity contribution < 1.29 is 18.7 Å². The number of rotatable bonds is 5. The van der Waals surface area contributed by atoms with Crippen LogP contribution in [0.25, 0.3) is 0 Å². The highest BCUT2D eigenvalue weighted by atomic mass is 28.4. The van der Waals surface area contributed by atoms with Crippen molar-refractivity contribution in [2.75, 3.05) is 6.61 Å². The van der Waals surface area contributed by atoms with Gasteiger partial charge < -0.3 is 13.9 Å². The first kappa shape index (κ1) is 21.2. The van der Waals surface area contributed by atoms with Gasteiger partial charge in [-0.3, -0.25) is 4.79 Å². The van der Waals surface area contributed by atoms with Gasteiger partial charge in [-0.1, -0.05) is 81.4 Å². The molecule has 4 rings (SSSR count). The molecule has 1 fully saturated rings. The molecule has 30 heavy (non-hydrogen) atoms. The number of hydrogen-bond acceptors (Lipinski definition) is 4. The molecule has 2 atom stereocenters. The first-order valence-corrected chi connectivity index (χ1v) is 12.4. The van der Waals surface area contributed by atoms with Crippen molar-refractivity contribution >= 4 is 24.5 Å². The van der Waals surface area contributed by atoms with E-state index >= 15 is 0 Å². The first-order valence-electron chi connectivity index (χ1n) is 10.5. The Morgan fingerprint density at radius 3 is 1.93 bits per heavy atom. The Labute approximate surface area is 180 Å². The molecule has 1 aliphatic heterocycles. The molecule has 0 amide bonds. The molecule has 0 N–H and O–H groups in total. The van der Waals surface area contributed by atoms with E-state index in [2.05, 4.69) is 69.3 Å². The van der Waals surface area contributed by atoms with E-state index in [0.29, 0.717) is 5.57 Å². The Kier molecular flexibility index (Phi) is 5.35. The molecule has 0 radical (unpaired) electrons. The van der Waals surface area contributed by atoms with Gasteiger partial charge in [0.2, 0.25) is 0 Å². The number of Topliss-reactive ketones (excluding diaryl/α,β-unsaturated/α-hetero) is 1. The summed E-state index contributed by atoms with van der Waals surface area (Å²) in [5.74, 6) is -0.755. The van der Waals surface area contributed by atoms with Crippen LogP contribution in [0, 0.1) is 0 Å². The van der Waals surface area contributed by atoms with Crippen LogP contribution in [0.2, 0.25) is 5.04 Å². The fourth-order valence-electron chi connectivity index (χ4n) is 4.64. The summed E-state index contributed by atoms with van der Waals surface area (Å²) >= 11 is 0. The van der Waals surface area contributed by atoms with Crippen LogP contribution in [-0.4, -0.2) is 38.7 Å². The Balaban J connectivity index is 1.71. The van der Waals surface area contributed by atoms with Gasteiger partial charge in [0.25, 0.3) is 8.32 Å². The molecule has 2 aromatic rings. The first-order chi connectivity index (χ1) is 14.1. The van der Waals surface area contributed by atoms with Crippen LogP contribution in [0.15, 0.2) is 72.3 Å². The molecular formula is C25H30O4Si. The second kappa shape index (κ2) is 7.57. The SMILES string of the molecule is CC1(C)O[C@H]2C=C(CO[Si](c3ccccc3)(c3ccccc3)C(C)(C)C)C(=O)[C@H]2O1. The van der Waals surface area contributed by atoms with E-state index in [1.807, 2.05) is 32.1 Å². The van der Waals surface area contributed by atoms with E-state index in [0.717, 1.165) is 0 Å². The summed E-state index contributed by atoms with van der Waals surface area (Å²) in [5, 5.41) is 2.26. The zero-order chi connectivity index (χ0) is 21.6. The molecule has 1 heterocycles. The van der Waals surface area contributed by atoms with Crippen molar-refractivity contribution in [3.05, 3.63) is 72.3 Å². The van der Waals surface area contributed by atoms with E-state index < -0.39 is 20.2 Å². The lowest BCUT2D eigenvalue weighted by molar-refractivity contribution is -0.153. The predicted octanol–water partition coefficient (Wildman–Crippen LogP) is 3.59. The van der Waals surface area contributed by atoms with Crippen LogP contribution in [-0.2, 0) is 18.7 Å². The van der Waals surface area contributed by atoms with Crippen LogP contribution in [0.5, 0.6) is 0 Å². The third-order valence-corrected chi connectivity index (χ3v) is 10.9. The smallest absolute Gasteiger partial charge is 0.261 e. The van der Waals surface area contributed by atoms with E-state index in [1.165, 1.54) is 10.4 Å². The van der Waals surface area contributed by atoms with Crippen molar-refractivity contribution in [2.45, 2.75) is 57.7 Å². The minimum atomic E-state index is -2.69. The van der Waals surface area contributed by atoms with Crippen molar-refractivity contribution in [3.63, 3.8) is 0 Å². The number of carbonyl (C=O) groups is 1. The number of benzene rings is 2. The summed E-state index contributed by atoms with van der Waals surface area (Å²) in [6.07, 6.45) is 1.00. The van der Waals surface area contributed by atoms with Gasteiger partial charge in [0.05, 0.1) is 6.61 Å². The summed E-state index contributed by atoms with van der Waals surface area (Å²) in [4.78, 5) is 13.0. The standard InChI is InChI=1S/C25H30O4Si/c1-24(2,3)30(19-12-8-6-9-13-19,20-14-10-7-11-15-20)27-17-18-16-21-23(22(18)26)29-25(4,5)28-21/h6-16,21,23H,17H2,1-5H3/t21-,23-/m0/s1. The van der Waals surface area contributed by atoms with Crippen molar-refractivity contribution in [1.29, 1.82) is 0 Å². The molecule has 4 nitrogen and oxygen atoms in total. The van der Waals surface area contributed by atoms with Crippen molar-refractivity contribution in [2.24, 2.45) is 0 Å². The molecular weight excluding hydrogens is 392 g/mol.